The smallest absolute Gasteiger partial charge is 0.234 e. The fourth-order valence-electron chi connectivity index (χ4n) is 4.35. The summed E-state index contributed by atoms with van der Waals surface area (Å²) in [4.78, 5) is 12.4. The van der Waals surface area contributed by atoms with E-state index in [-0.39, 0.29) is 29.0 Å². The quantitative estimate of drug-likeness (QED) is 0.571. The van der Waals surface area contributed by atoms with Crippen LogP contribution in [0.4, 0.5) is 5.82 Å². The van der Waals surface area contributed by atoms with Crippen molar-refractivity contribution in [2.75, 3.05) is 24.7 Å². The lowest BCUT2D eigenvalue weighted by atomic mass is 10.2. The Morgan fingerprint density at radius 1 is 1.27 bits per heavy atom. The van der Waals surface area contributed by atoms with Gasteiger partial charge in [0.1, 0.15) is 11.9 Å². The molecule has 2 aliphatic heterocycles. The summed E-state index contributed by atoms with van der Waals surface area (Å²) < 4.78 is 28.5. The molecule has 0 aliphatic carbocycles. The van der Waals surface area contributed by atoms with Gasteiger partial charge < -0.3 is 10.0 Å². The lowest BCUT2D eigenvalue weighted by Gasteiger charge is -2.21. The highest BCUT2D eigenvalue weighted by Gasteiger charge is 2.38. The number of aromatic nitrogens is 4. The molecule has 1 atom stereocenters. The van der Waals surface area contributed by atoms with Crippen molar-refractivity contribution >= 4 is 27.3 Å². The van der Waals surface area contributed by atoms with E-state index in [1.165, 1.54) is 6.07 Å². The van der Waals surface area contributed by atoms with Crippen LogP contribution in [0.25, 0.3) is 5.69 Å². The Balaban J connectivity index is 1.42. The molecular weight excluding hydrogens is 466 g/mol. The number of rotatable bonds is 5. The van der Waals surface area contributed by atoms with Gasteiger partial charge in [0.05, 0.1) is 33.3 Å². The molecule has 170 valence electrons. The van der Waals surface area contributed by atoms with Crippen molar-refractivity contribution < 1.29 is 13.5 Å². The number of hydrogen-bond donors (Lipinski definition) is 1. The third-order valence-electron chi connectivity index (χ3n) is 6.00. The number of anilines is 1. The zero-order valence-electron chi connectivity index (χ0n) is 17.5. The normalized spacial score (nSPS) is 18.5. The fraction of sp³-hybridized carbons (Fsp3) is 0.333. The zero-order valence-corrected chi connectivity index (χ0v) is 19.0. The molecule has 3 aromatic rings. The third-order valence-corrected chi connectivity index (χ3v) is 8.66. The summed E-state index contributed by atoms with van der Waals surface area (Å²) in [6.45, 7) is 1.43. The number of aliphatic hydroxyl groups is 1. The molecule has 10 nitrogen and oxygen atoms in total. The van der Waals surface area contributed by atoms with Crippen LogP contribution in [0.2, 0.25) is 5.02 Å². The number of benzene rings is 1. The minimum atomic E-state index is -3.70. The molecule has 0 bridgehead atoms. The molecule has 1 N–H and O–H groups in total. The van der Waals surface area contributed by atoms with Crippen LogP contribution in [-0.4, -0.2) is 63.2 Å². The lowest BCUT2D eigenvalue weighted by Crippen LogP contribution is -2.29. The summed E-state index contributed by atoms with van der Waals surface area (Å²) in [5, 5.41) is 22.5. The summed E-state index contributed by atoms with van der Waals surface area (Å²) in [5.74, 6) is 0.595. The predicted octanol–water partition coefficient (Wildman–Crippen LogP) is 1.51. The Labute approximate surface area is 195 Å². The van der Waals surface area contributed by atoms with E-state index in [9.17, 15) is 18.8 Å². The first-order valence-electron chi connectivity index (χ1n) is 10.3. The molecule has 0 radical (unpaired) electrons. The zero-order chi connectivity index (χ0) is 23.2. The van der Waals surface area contributed by atoms with Gasteiger partial charge in [-0.25, -0.2) is 23.1 Å². The Morgan fingerprint density at radius 2 is 2.12 bits per heavy atom. The van der Waals surface area contributed by atoms with E-state index in [1.54, 1.807) is 40.2 Å². The second-order valence-corrected chi connectivity index (χ2v) is 10.6. The first-order chi connectivity index (χ1) is 15.9. The molecule has 2 aromatic heterocycles. The summed E-state index contributed by atoms with van der Waals surface area (Å²) in [6.07, 6.45) is 3.79. The second-order valence-electron chi connectivity index (χ2n) is 8.00. The van der Waals surface area contributed by atoms with E-state index in [0.29, 0.717) is 43.3 Å². The van der Waals surface area contributed by atoms with Crippen molar-refractivity contribution in [3.63, 3.8) is 0 Å². The van der Waals surface area contributed by atoms with Gasteiger partial charge in [-0.2, -0.15) is 10.4 Å². The molecule has 1 aromatic carbocycles. The number of fused-ring (bicyclic) bond motifs is 1. The van der Waals surface area contributed by atoms with Crippen molar-refractivity contribution in [3.8, 4) is 11.8 Å². The van der Waals surface area contributed by atoms with Crippen molar-refractivity contribution in [2.45, 2.75) is 29.7 Å². The van der Waals surface area contributed by atoms with Gasteiger partial charge in [-0.1, -0.05) is 11.6 Å². The van der Waals surface area contributed by atoms with Crippen LogP contribution >= 0.6 is 11.6 Å². The number of aliphatic hydroxyl groups excluding tert-OH is 1. The maximum Gasteiger partial charge on any atom is 0.234 e. The first-order valence-corrected chi connectivity index (χ1v) is 12.2. The van der Waals surface area contributed by atoms with Crippen LogP contribution in [-0.2, 0) is 22.9 Å². The summed E-state index contributed by atoms with van der Waals surface area (Å²) in [7, 11) is -3.70. The van der Waals surface area contributed by atoms with E-state index < -0.39 is 15.1 Å². The third kappa shape index (κ3) is 3.85. The average Bonchev–Trinajstić information content (AvgIpc) is 3.58. The van der Waals surface area contributed by atoms with Crippen LogP contribution in [0, 0.1) is 11.3 Å². The van der Waals surface area contributed by atoms with Crippen LogP contribution in [0.5, 0.6) is 0 Å². The van der Waals surface area contributed by atoms with Crippen molar-refractivity contribution in [1.82, 2.24) is 24.6 Å². The topological polar surface area (TPSA) is 128 Å². The monoisotopic (exact) mass is 485 g/mol. The molecule has 33 heavy (non-hydrogen) atoms. The summed E-state index contributed by atoms with van der Waals surface area (Å²) in [6, 6.07) is 8.53. The Hall–Kier alpha value is -3.04. The predicted molar refractivity (Wildman–Crippen MR) is 119 cm³/mol. The van der Waals surface area contributed by atoms with E-state index in [2.05, 4.69) is 15.1 Å². The Kier molecular flexibility index (Phi) is 5.54. The van der Waals surface area contributed by atoms with E-state index in [4.69, 9.17) is 11.6 Å². The molecule has 0 unspecified atom stereocenters. The van der Waals surface area contributed by atoms with Gasteiger partial charge in [0, 0.05) is 44.1 Å². The molecule has 1 fully saturated rings. The molecule has 0 amide bonds. The Bertz CT molecular complexity index is 1350. The van der Waals surface area contributed by atoms with Gasteiger partial charge >= 0.3 is 0 Å². The van der Waals surface area contributed by atoms with Gasteiger partial charge in [-0.05, 0) is 30.7 Å². The fourth-order valence-corrected chi connectivity index (χ4v) is 6.59. The molecule has 4 heterocycles. The maximum absolute atomic E-state index is 13.4. The molecular formula is C21H20ClN7O3S. The van der Waals surface area contributed by atoms with Crippen molar-refractivity contribution in [3.05, 3.63) is 58.8 Å². The Morgan fingerprint density at radius 3 is 2.82 bits per heavy atom. The maximum atomic E-state index is 13.4. The number of nitrogens with zero attached hydrogens (tertiary/aromatic N) is 7. The average molecular weight is 486 g/mol. The summed E-state index contributed by atoms with van der Waals surface area (Å²) in [5.41, 5.74) is 2.18. The number of nitriles is 1. The van der Waals surface area contributed by atoms with Crippen LogP contribution in [0.3, 0.4) is 0 Å². The molecule has 0 saturated carbocycles. The van der Waals surface area contributed by atoms with Crippen LogP contribution < -0.4 is 4.90 Å². The van der Waals surface area contributed by atoms with Gasteiger partial charge in [-0.3, -0.25) is 4.90 Å². The first kappa shape index (κ1) is 21.8. The van der Waals surface area contributed by atoms with Crippen LogP contribution in [0.15, 0.2) is 41.6 Å². The number of halogens is 1. The highest BCUT2D eigenvalue weighted by Crippen LogP contribution is 2.35. The molecule has 2 aliphatic rings. The SMILES string of the molecule is N#Cc1nc2c(c(N3CC[C@H](S(=O)(=O)c4ccc(-n5cccn5)cc4Cl)C3)n1)CN(CO)C2. The molecule has 1 saturated heterocycles. The minimum Gasteiger partial charge on any atom is -0.381 e. The van der Waals surface area contributed by atoms with Gasteiger partial charge in [0.2, 0.25) is 5.82 Å². The lowest BCUT2D eigenvalue weighted by molar-refractivity contribution is 0.105. The standard InChI is InChI=1S/C21H20ClN7O3S/c22-17-8-14(29-6-1-5-24-29)2-3-19(17)33(31,32)15-4-7-28(10-15)21-16-11-27(13-30)12-18(16)25-20(9-23)26-21/h1-3,5-6,8,15,30H,4,7,10-13H2/t15-/m0/s1. The van der Waals surface area contributed by atoms with Crippen molar-refractivity contribution in [2.24, 2.45) is 0 Å². The second kappa shape index (κ2) is 8.39. The van der Waals surface area contributed by atoms with E-state index in [0.717, 1.165) is 5.56 Å². The highest BCUT2D eigenvalue weighted by atomic mass is 35.5. The minimum absolute atomic E-state index is 0.0344. The number of sulfone groups is 1. The van der Waals surface area contributed by atoms with Gasteiger partial charge in [0.15, 0.2) is 9.84 Å². The molecule has 5 rings (SSSR count). The van der Waals surface area contributed by atoms with E-state index in [1.807, 2.05) is 11.0 Å². The van der Waals surface area contributed by atoms with E-state index >= 15 is 0 Å². The highest BCUT2D eigenvalue weighted by molar-refractivity contribution is 7.92. The molecule has 0 spiro atoms. The largest absolute Gasteiger partial charge is 0.381 e. The summed E-state index contributed by atoms with van der Waals surface area (Å²) >= 11 is 6.39. The number of hydrogen-bond acceptors (Lipinski definition) is 9. The van der Waals surface area contributed by atoms with Crippen LogP contribution in [0.1, 0.15) is 23.5 Å². The van der Waals surface area contributed by atoms with Gasteiger partial charge in [-0.15, -0.1) is 0 Å². The molecule has 12 heteroatoms. The van der Waals surface area contributed by atoms with Crippen molar-refractivity contribution in [1.29, 1.82) is 5.26 Å². The van der Waals surface area contributed by atoms with Gasteiger partial charge in [0.25, 0.3) is 0 Å².